The van der Waals surface area contributed by atoms with E-state index < -0.39 is 5.60 Å². The van der Waals surface area contributed by atoms with Gasteiger partial charge in [0, 0.05) is 4.47 Å². The summed E-state index contributed by atoms with van der Waals surface area (Å²) in [6.07, 6.45) is 1.46. The summed E-state index contributed by atoms with van der Waals surface area (Å²) in [5.74, 6) is 0.829. The molecule has 0 unspecified atom stereocenters. The van der Waals surface area contributed by atoms with E-state index in [1.165, 1.54) is 0 Å². The van der Waals surface area contributed by atoms with Gasteiger partial charge < -0.3 is 14.8 Å². The molecule has 22 heavy (non-hydrogen) atoms. The Morgan fingerprint density at radius 3 is 2.27 bits per heavy atom. The smallest absolute Gasteiger partial charge is 0.408 e. The predicted octanol–water partition coefficient (Wildman–Crippen LogP) is 4.50. The molecule has 1 N–H and O–H groups in total. The van der Waals surface area contributed by atoms with E-state index in [-0.39, 0.29) is 11.6 Å². The Bertz CT molecular complexity index is 551. The van der Waals surface area contributed by atoms with Crippen LogP contribution in [0.1, 0.15) is 44.7 Å². The van der Waals surface area contributed by atoms with Gasteiger partial charge in [0.1, 0.15) is 18.0 Å². The predicted molar refractivity (Wildman–Crippen MR) is 90.4 cm³/mol. The van der Waals surface area contributed by atoms with E-state index in [1.54, 1.807) is 0 Å². The molecule has 1 amide bonds. The number of hydrogen-bond donors (Lipinski definition) is 1. The number of carbonyl (C=O) groups excluding carboxylic acids is 1. The molecule has 2 rings (SSSR count). The number of nitrogens with one attached hydrogen (secondary N) is 1. The van der Waals surface area contributed by atoms with Crippen LogP contribution < -0.4 is 10.1 Å². The Labute approximate surface area is 140 Å². The molecule has 1 aliphatic rings. The zero-order valence-corrected chi connectivity index (χ0v) is 15.5. The first-order chi connectivity index (χ1) is 10.1. The number of carbonyl (C=O) groups is 1. The van der Waals surface area contributed by atoms with Crippen LogP contribution in [0, 0.1) is 13.8 Å². The number of hydrogen-bond acceptors (Lipinski definition) is 3. The van der Waals surface area contributed by atoms with Gasteiger partial charge in [0.05, 0.1) is 5.54 Å². The first-order valence-corrected chi connectivity index (χ1v) is 8.30. The van der Waals surface area contributed by atoms with Gasteiger partial charge >= 0.3 is 6.09 Å². The second kappa shape index (κ2) is 6.11. The van der Waals surface area contributed by atoms with Crippen LogP contribution >= 0.6 is 15.9 Å². The van der Waals surface area contributed by atoms with Gasteiger partial charge in [-0.25, -0.2) is 4.79 Å². The molecule has 0 bridgehead atoms. The zero-order valence-electron chi connectivity index (χ0n) is 13.9. The molecule has 1 aromatic rings. The minimum absolute atomic E-state index is 0.281. The second-order valence-electron chi connectivity index (χ2n) is 7.07. The molecule has 1 fully saturated rings. The van der Waals surface area contributed by atoms with Crippen LogP contribution in [0.25, 0.3) is 0 Å². The topological polar surface area (TPSA) is 47.6 Å². The maximum Gasteiger partial charge on any atom is 0.408 e. The highest BCUT2D eigenvalue weighted by Gasteiger charge is 2.46. The summed E-state index contributed by atoms with van der Waals surface area (Å²) < 4.78 is 12.3. The Morgan fingerprint density at radius 1 is 1.27 bits per heavy atom. The Kier molecular flexibility index (Phi) is 4.76. The van der Waals surface area contributed by atoms with Crippen LogP contribution in [0.15, 0.2) is 16.6 Å². The van der Waals surface area contributed by atoms with Crippen LogP contribution in [-0.2, 0) is 4.74 Å². The van der Waals surface area contributed by atoms with Crippen molar-refractivity contribution >= 4 is 22.0 Å². The molecule has 0 atom stereocenters. The Morgan fingerprint density at radius 2 is 1.82 bits per heavy atom. The van der Waals surface area contributed by atoms with Crippen LogP contribution in [0.5, 0.6) is 5.75 Å². The van der Waals surface area contributed by atoms with E-state index >= 15 is 0 Å². The third-order valence-electron chi connectivity index (χ3n) is 3.54. The van der Waals surface area contributed by atoms with E-state index in [2.05, 4.69) is 21.2 Å². The van der Waals surface area contributed by atoms with E-state index in [4.69, 9.17) is 9.47 Å². The molecule has 1 aliphatic carbocycles. The van der Waals surface area contributed by atoms with Crippen LogP contribution in [0.3, 0.4) is 0 Å². The number of aryl methyl sites for hydroxylation is 2. The maximum atomic E-state index is 11.9. The fraction of sp³-hybridized carbons (Fsp3) is 0.588. The number of ether oxygens (including phenoxy) is 2. The third kappa shape index (κ3) is 4.63. The number of rotatable bonds is 4. The molecule has 1 aromatic carbocycles. The highest BCUT2D eigenvalue weighted by Crippen LogP contribution is 2.37. The normalized spacial score (nSPS) is 16.1. The third-order valence-corrected chi connectivity index (χ3v) is 4.80. The summed E-state index contributed by atoms with van der Waals surface area (Å²) in [7, 11) is 0. The molecule has 0 heterocycles. The highest BCUT2D eigenvalue weighted by atomic mass is 79.9. The van der Waals surface area contributed by atoms with Gasteiger partial charge in [-0.1, -0.05) is 15.9 Å². The first kappa shape index (κ1) is 17.1. The lowest BCUT2D eigenvalue weighted by atomic mass is 10.1. The van der Waals surface area contributed by atoms with Crippen molar-refractivity contribution in [1.29, 1.82) is 0 Å². The van der Waals surface area contributed by atoms with E-state index in [0.717, 1.165) is 34.2 Å². The molecule has 0 aliphatic heterocycles. The van der Waals surface area contributed by atoms with Crippen molar-refractivity contribution in [3.05, 3.63) is 27.7 Å². The van der Waals surface area contributed by atoms with Gasteiger partial charge in [0.25, 0.3) is 0 Å². The number of halogens is 1. The lowest BCUT2D eigenvalue weighted by Gasteiger charge is -2.23. The minimum Gasteiger partial charge on any atom is -0.491 e. The van der Waals surface area contributed by atoms with Crippen LogP contribution in [0.2, 0.25) is 0 Å². The van der Waals surface area contributed by atoms with Gasteiger partial charge in [-0.3, -0.25) is 0 Å². The Balaban J connectivity index is 1.92. The number of amides is 1. The summed E-state index contributed by atoms with van der Waals surface area (Å²) in [5, 5.41) is 2.94. The standard InChI is InChI=1S/C17H24BrNO3/c1-11-8-13(9-12(2)14(11)18)21-10-17(6-7-17)19-15(20)22-16(3,4)5/h8-9H,6-7,10H2,1-5H3,(H,19,20). The number of alkyl carbamates (subject to hydrolysis) is 1. The zero-order chi connectivity index (χ0) is 16.5. The monoisotopic (exact) mass is 369 g/mol. The molecular weight excluding hydrogens is 346 g/mol. The van der Waals surface area contributed by atoms with Gasteiger partial charge in [0.2, 0.25) is 0 Å². The van der Waals surface area contributed by atoms with Crippen molar-refractivity contribution in [1.82, 2.24) is 5.32 Å². The summed E-state index contributed by atoms with van der Waals surface area (Å²) in [5.41, 5.74) is 1.51. The SMILES string of the molecule is Cc1cc(OCC2(NC(=O)OC(C)(C)C)CC2)cc(C)c1Br. The fourth-order valence-corrected chi connectivity index (χ4v) is 2.42. The highest BCUT2D eigenvalue weighted by molar-refractivity contribution is 9.10. The largest absolute Gasteiger partial charge is 0.491 e. The molecular formula is C17H24BrNO3. The average molecular weight is 370 g/mol. The second-order valence-corrected chi connectivity index (χ2v) is 7.86. The number of benzene rings is 1. The average Bonchev–Trinajstić information content (AvgIpc) is 3.11. The van der Waals surface area contributed by atoms with E-state index in [9.17, 15) is 4.79 Å². The molecule has 1 saturated carbocycles. The maximum absolute atomic E-state index is 11.9. The summed E-state index contributed by atoms with van der Waals surface area (Å²) in [6, 6.07) is 4.00. The summed E-state index contributed by atoms with van der Waals surface area (Å²) in [6.45, 7) is 10.1. The lowest BCUT2D eigenvalue weighted by Crippen LogP contribution is -2.44. The first-order valence-electron chi connectivity index (χ1n) is 7.51. The van der Waals surface area contributed by atoms with Crippen molar-refractivity contribution in [3.8, 4) is 5.75 Å². The Hall–Kier alpha value is -1.23. The molecule has 0 spiro atoms. The van der Waals surface area contributed by atoms with Crippen LogP contribution in [0.4, 0.5) is 4.79 Å². The van der Waals surface area contributed by atoms with Crippen molar-refractivity contribution in [3.63, 3.8) is 0 Å². The molecule has 4 nitrogen and oxygen atoms in total. The molecule has 122 valence electrons. The van der Waals surface area contributed by atoms with Gasteiger partial charge in [-0.2, -0.15) is 0 Å². The fourth-order valence-electron chi connectivity index (χ4n) is 2.19. The van der Waals surface area contributed by atoms with Crippen LogP contribution in [-0.4, -0.2) is 23.8 Å². The molecule has 5 heteroatoms. The summed E-state index contributed by atoms with van der Waals surface area (Å²) >= 11 is 3.55. The van der Waals surface area contributed by atoms with Gasteiger partial charge in [-0.05, 0) is 70.7 Å². The lowest BCUT2D eigenvalue weighted by molar-refractivity contribution is 0.0477. The van der Waals surface area contributed by atoms with Crippen molar-refractivity contribution in [2.24, 2.45) is 0 Å². The molecule has 0 saturated heterocycles. The van der Waals surface area contributed by atoms with Gasteiger partial charge in [-0.15, -0.1) is 0 Å². The molecule has 0 aromatic heterocycles. The van der Waals surface area contributed by atoms with Crippen molar-refractivity contribution in [2.75, 3.05) is 6.61 Å². The van der Waals surface area contributed by atoms with E-state index in [0.29, 0.717) is 6.61 Å². The van der Waals surface area contributed by atoms with Crippen molar-refractivity contribution < 1.29 is 14.3 Å². The summed E-state index contributed by atoms with van der Waals surface area (Å²) in [4.78, 5) is 11.9. The van der Waals surface area contributed by atoms with Gasteiger partial charge in [0.15, 0.2) is 0 Å². The van der Waals surface area contributed by atoms with Crippen molar-refractivity contribution in [2.45, 2.75) is 58.6 Å². The quantitative estimate of drug-likeness (QED) is 0.849. The minimum atomic E-state index is -0.485. The van der Waals surface area contributed by atoms with E-state index in [1.807, 2.05) is 46.8 Å². The molecule has 0 radical (unpaired) electrons.